The molecule has 1 atom stereocenters. The van der Waals surface area contributed by atoms with E-state index in [9.17, 15) is 14.1 Å². The van der Waals surface area contributed by atoms with Crippen LogP contribution in [0.4, 0.5) is 33.4 Å². The lowest BCUT2D eigenvalue weighted by Crippen LogP contribution is -2.22. The van der Waals surface area contributed by atoms with E-state index in [1.54, 1.807) is 30.5 Å². The number of carbonyl (C=O) groups excluding carboxylic acids is 1. The number of aromatic nitrogens is 1. The molecule has 15 heteroatoms. The highest BCUT2D eigenvalue weighted by Crippen LogP contribution is 2.40. The van der Waals surface area contributed by atoms with E-state index in [4.69, 9.17) is 28.8 Å². The van der Waals surface area contributed by atoms with Gasteiger partial charge in [0.25, 0.3) is 0 Å². The zero-order valence-electron chi connectivity index (χ0n) is 32.9. The summed E-state index contributed by atoms with van der Waals surface area (Å²) >= 11 is -1.36. The highest BCUT2D eigenvalue weighted by molar-refractivity contribution is 7.92. The predicted molar refractivity (Wildman–Crippen MR) is 224 cm³/mol. The first kappa shape index (κ1) is 42.4. The van der Waals surface area contributed by atoms with E-state index >= 15 is 0 Å². The third-order valence-corrected chi connectivity index (χ3v) is 9.00. The number of aryl methyl sites for hydroxylation is 1. The van der Waals surface area contributed by atoms with Crippen LogP contribution in [0.3, 0.4) is 0 Å². The number of ether oxygens (including phenoxy) is 5. The Morgan fingerprint density at radius 1 is 0.842 bits per heavy atom. The maximum atomic E-state index is 13.5. The Balaban J connectivity index is 1.27. The molecule has 14 nitrogen and oxygen atoms in total. The van der Waals surface area contributed by atoms with Crippen LogP contribution >= 0.6 is 0 Å². The molecule has 1 aromatic heterocycles. The molecule has 0 saturated heterocycles. The van der Waals surface area contributed by atoms with Gasteiger partial charge in [-0.2, -0.15) is 0 Å². The summed E-state index contributed by atoms with van der Waals surface area (Å²) in [6.45, 7) is 8.94. The molecular weight excluding hydrogens is 751 g/mol. The van der Waals surface area contributed by atoms with Crippen LogP contribution in [-0.2, 0) is 37.5 Å². The van der Waals surface area contributed by atoms with Crippen LogP contribution in [0.15, 0.2) is 85.1 Å². The molecule has 0 saturated carbocycles. The smallest absolute Gasteiger partial charge is 0.329 e. The van der Waals surface area contributed by atoms with Crippen molar-refractivity contribution in [2.24, 2.45) is 0 Å². The summed E-state index contributed by atoms with van der Waals surface area (Å²) in [6.07, 6.45) is 3.97. The minimum atomic E-state index is -1.36. The Morgan fingerprint density at radius 2 is 1.56 bits per heavy atom. The second-order valence-electron chi connectivity index (χ2n) is 13.9. The number of nitrogens with one attached hydrogen (secondary N) is 4. The topological polar surface area (TPSA) is 185 Å². The zero-order chi connectivity index (χ0) is 41.0. The van der Waals surface area contributed by atoms with Crippen molar-refractivity contribution in [2.45, 2.75) is 39.5 Å². The van der Waals surface area contributed by atoms with Crippen LogP contribution in [0, 0.1) is 0 Å². The van der Waals surface area contributed by atoms with Crippen LogP contribution in [0.25, 0.3) is 10.8 Å². The number of methoxy groups -OCH3 is 1. The van der Waals surface area contributed by atoms with Gasteiger partial charge in [-0.25, -0.2) is 19.3 Å². The van der Waals surface area contributed by atoms with Crippen LogP contribution in [0.5, 0.6) is 23.0 Å². The van der Waals surface area contributed by atoms with Gasteiger partial charge in [-0.1, -0.05) is 52.0 Å². The fraction of sp³-hybridized carbons (Fsp3) is 0.310. The predicted octanol–water partition coefficient (Wildman–Crippen LogP) is 8.49. The highest BCUT2D eigenvalue weighted by atomic mass is 32.2. The molecule has 0 bridgehead atoms. The van der Waals surface area contributed by atoms with Gasteiger partial charge in [0.15, 0.2) is 5.75 Å². The monoisotopic (exact) mass is 799 g/mol. The molecule has 5 N–H and O–H groups in total. The number of fused-ring (bicyclic) bond motifs is 1. The first-order valence-corrected chi connectivity index (χ1v) is 19.9. The lowest BCUT2D eigenvalue weighted by Gasteiger charge is -2.24. The molecule has 0 spiro atoms. The largest absolute Gasteiger partial charge is 0.593 e. The molecular formula is C42H49N5O9S. The Kier molecular flexibility index (Phi) is 14.8. The quantitative estimate of drug-likeness (QED) is 0.0397. The van der Waals surface area contributed by atoms with Crippen molar-refractivity contribution in [1.29, 1.82) is 0 Å². The van der Waals surface area contributed by atoms with Gasteiger partial charge in [0, 0.05) is 34.8 Å². The number of anilines is 5. The summed E-state index contributed by atoms with van der Waals surface area (Å²) in [6, 6.07) is 23.9. The SMILES string of the molecule is CCc1cc(Nc2cc(Oc3ccc(NC(=O)Nc4cc(C(C)(C)C)cc(N[S+](C)[O-])c4OC)c4ccccc34)ccn2)cc(OCCOCCOCC(=O)O)c1. The molecule has 57 heavy (non-hydrogen) atoms. The van der Waals surface area contributed by atoms with Crippen LogP contribution in [0.2, 0.25) is 0 Å². The second kappa shape index (κ2) is 19.9. The number of hydrogen-bond donors (Lipinski definition) is 5. The molecule has 302 valence electrons. The molecule has 0 aliphatic carbocycles. The van der Waals surface area contributed by atoms with Crippen molar-refractivity contribution in [2.75, 3.05) is 67.1 Å². The molecule has 5 aromatic rings. The van der Waals surface area contributed by atoms with Gasteiger partial charge < -0.3 is 49.3 Å². The van der Waals surface area contributed by atoms with Gasteiger partial charge in [-0.05, 0) is 65.4 Å². The Bertz CT molecular complexity index is 2160. The number of carboxylic acids is 1. The molecule has 0 radical (unpaired) electrons. The minimum absolute atomic E-state index is 0.189. The summed E-state index contributed by atoms with van der Waals surface area (Å²) in [5, 5.41) is 19.4. The van der Waals surface area contributed by atoms with E-state index in [1.165, 1.54) is 13.4 Å². The van der Waals surface area contributed by atoms with E-state index in [2.05, 4.69) is 53.4 Å². The third-order valence-electron chi connectivity index (χ3n) is 8.49. The number of carboxylic acid groups (broad SMARTS) is 1. The van der Waals surface area contributed by atoms with Crippen molar-refractivity contribution >= 4 is 62.7 Å². The molecule has 2 amide bonds. The number of carbonyl (C=O) groups is 2. The lowest BCUT2D eigenvalue weighted by molar-refractivity contribution is -0.142. The zero-order valence-corrected chi connectivity index (χ0v) is 33.7. The third kappa shape index (κ3) is 12.4. The van der Waals surface area contributed by atoms with Crippen molar-refractivity contribution in [1.82, 2.24) is 4.98 Å². The fourth-order valence-electron chi connectivity index (χ4n) is 5.79. The summed E-state index contributed by atoms with van der Waals surface area (Å²) < 4.78 is 43.4. The Labute approximate surface area is 335 Å². The number of benzene rings is 4. The van der Waals surface area contributed by atoms with Gasteiger partial charge >= 0.3 is 12.0 Å². The van der Waals surface area contributed by atoms with Crippen LogP contribution in [0.1, 0.15) is 38.8 Å². The second-order valence-corrected chi connectivity index (χ2v) is 15.0. The lowest BCUT2D eigenvalue weighted by atomic mass is 9.86. The van der Waals surface area contributed by atoms with E-state index in [1.807, 2.05) is 54.6 Å². The first-order valence-electron chi connectivity index (χ1n) is 18.3. The van der Waals surface area contributed by atoms with E-state index in [0.29, 0.717) is 59.1 Å². The molecule has 5 rings (SSSR count). The number of urea groups is 1. The summed E-state index contributed by atoms with van der Waals surface area (Å²) in [5.74, 6) is 1.69. The molecule has 0 fully saturated rings. The van der Waals surface area contributed by atoms with Gasteiger partial charge in [0.1, 0.15) is 48.2 Å². The molecule has 1 unspecified atom stereocenters. The Morgan fingerprint density at radius 3 is 2.28 bits per heavy atom. The van der Waals surface area contributed by atoms with Crippen LogP contribution in [-0.4, -0.2) is 73.0 Å². The van der Waals surface area contributed by atoms with Gasteiger partial charge in [0.05, 0.1) is 49.7 Å². The summed E-state index contributed by atoms with van der Waals surface area (Å²) in [4.78, 5) is 28.5. The number of amides is 2. The van der Waals surface area contributed by atoms with Crippen molar-refractivity contribution in [3.8, 4) is 23.0 Å². The average Bonchev–Trinajstić information content (AvgIpc) is 3.16. The number of aliphatic carboxylic acids is 1. The number of rotatable bonds is 19. The number of pyridine rings is 1. The van der Waals surface area contributed by atoms with Crippen LogP contribution < -0.4 is 34.9 Å². The molecule has 1 heterocycles. The molecule has 0 aliphatic heterocycles. The number of nitrogens with zero attached hydrogens (tertiary/aromatic N) is 1. The van der Waals surface area contributed by atoms with Gasteiger partial charge in [-0.15, -0.1) is 0 Å². The first-order chi connectivity index (χ1) is 27.3. The van der Waals surface area contributed by atoms with Crippen molar-refractivity contribution in [3.63, 3.8) is 0 Å². The molecule has 4 aromatic carbocycles. The van der Waals surface area contributed by atoms with E-state index in [0.717, 1.165) is 34.0 Å². The van der Waals surface area contributed by atoms with Gasteiger partial charge in [-0.3, -0.25) is 0 Å². The number of hydrogen-bond acceptors (Lipinski definition) is 11. The van der Waals surface area contributed by atoms with E-state index in [-0.39, 0.29) is 25.2 Å². The minimum Gasteiger partial charge on any atom is -0.593 e. The van der Waals surface area contributed by atoms with E-state index < -0.39 is 23.4 Å². The van der Waals surface area contributed by atoms with Gasteiger partial charge in [0.2, 0.25) is 0 Å². The maximum Gasteiger partial charge on any atom is 0.329 e. The standard InChI is InChI=1S/C42H49N5O9S/c1-7-27-20-29(24-31(21-27)55-19-18-53-16-17-54-26-39(48)49)44-38-25-30(14-15-43-38)56-37-13-12-34(32-10-8-9-11-33(32)37)45-41(50)46-35-22-28(42(2,3)4)23-36(40(35)52-5)47-57(6)51/h8-15,20-25,47H,7,16-19,26H2,1-6H3,(H,43,44)(H,48,49)(H2,45,46,50). The molecule has 0 aliphatic rings. The summed E-state index contributed by atoms with van der Waals surface area (Å²) in [7, 11) is 1.50. The Hall–Kier alpha value is -5.74. The maximum absolute atomic E-state index is 13.5. The highest BCUT2D eigenvalue weighted by Gasteiger charge is 2.23. The van der Waals surface area contributed by atoms with Crippen molar-refractivity contribution in [3.05, 3.63) is 96.2 Å². The average molecular weight is 800 g/mol. The fourth-order valence-corrected chi connectivity index (χ4v) is 6.25. The summed E-state index contributed by atoms with van der Waals surface area (Å²) in [5.41, 5.74) is 4.00. The van der Waals surface area contributed by atoms with Crippen molar-refractivity contribution < 1.29 is 42.9 Å². The normalized spacial score (nSPS) is 11.8.